The Morgan fingerprint density at radius 1 is 1.33 bits per heavy atom. The van der Waals surface area contributed by atoms with Gasteiger partial charge in [-0.3, -0.25) is 0 Å². The van der Waals surface area contributed by atoms with Gasteiger partial charge in [-0.15, -0.1) is 0 Å². The first-order valence-electron chi connectivity index (χ1n) is 6.24. The summed E-state index contributed by atoms with van der Waals surface area (Å²) in [5.41, 5.74) is -1.13. The Morgan fingerprint density at radius 2 is 2.07 bits per heavy atom. The third-order valence-electron chi connectivity index (χ3n) is 5.32. The second-order valence-corrected chi connectivity index (χ2v) is 6.09. The molecule has 3 fully saturated rings. The molecule has 3 rings (SSSR count). The van der Waals surface area contributed by atoms with Crippen LogP contribution in [-0.4, -0.2) is 10.7 Å². The molecule has 0 aromatic rings. The number of fused-ring (bicyclic) bond motifs is 2. The van der Waals surface area contributed by atoms with E-state index in [0.717, 1.165) is 25.2 Å². The Labute approximate surface area is 91.3 Å². The smallest absolute Gasteiger partial charge is 0.0890 e. The van der Waals surface area contributed by atoms with E-state index in [1.807, 2.05) is 6.92 Å². The van der Waals surface area contributed by atoms with Crippen LogP contribution in [0.1, 0.15) is 45.4 Å². The van der Waals surface area contributed by atoms with Gasteiger partial charge in [0.25, 0.3) is 0 Å². The van der Waals surface area contributed by atoms with Crippen LogP contribution in [0.25, 0.3) is 0 Å². The Bertz CT molecular complexity index is 326. The highest BCUT2D eigenvalue weighted by Crippen LogP contribution is 2.64. The molecule has 0 aromatic heterocycles. The molecular weight excluding hydrogens is 186 g/mol. The Morgan fingerprint density at radius 3 is 2.47 bits per heavy atom. The highest BCUT2D eigenvalue weighted by atomic mass is 16.3. The van der Waals surface area contributed by atoms with E-state index in [1.54, 1.807) is 0 Å². The van der Waals surface area contributed by atoms with Crippen LogP contribution in [0.4, 0.5) is 0 Å². The van der Waals surface area contributed by atoms with Crippen molar-refractivity contribution in [3.63, 3.8) is 0 Å². The molecule has 0 saturated heterocycles. The fraction of sp³-hybridized carbons (Fsp3) is 0.923. The van der Waals surface area contributed by atoms with Crippen molar-refractivity contribution in [2.24, 2.45) is 23.2 Å². The second kappa shape index (κ2) is 2.77. The number of rotatable bonds is 2. The van der Waals surface area contributed by atoms with Crippen molar-refractivity contribution in [1.29, 1.82) is 5.26 Å². The highest BCUT2D eigenvalue weighted by Gasteiger charge is 2.64. The normalized spacial score (nSPS) is 47.5. The molecule has 2 heteroatoms. The molecule has 15 heavy (non-hydrogen) atoms. The van der Waals surface area contributed by atoms with Crippen LogP contribution in [0.5, 0.6) is 0 Å². The summed E-state index contributed by atoms with van der Waals surface area (Å²) >= 11 is 0. The van der Waals surface area contributed by atoms with Crippen LogP contribution in [-0.2, 0) is 0 Å². The topological polar surface area (TPSA) is 44.0 Å². The van der Waals surface area contributed by atoms with Crippen molar-refractivity contribution in [1.82, 2.24) is 0 Å². The van der Waals surface area contributed by atoms with Gasteiger partial charge in [0.15, 0.2) is 0 Å². The summed E-state index contributed by atoms with van der Waals surface area (Å²) in [5.74, 6) is 1.60. The van der Waals surface area contributed by atoms with E-state index in [4.69, 9.17) is 0 Å². The van der Waals surface area contributed by atoms with Gasteiger partial charge in [0.2, 0.25) is 0 Å². The third kappa shape index (κ3) is 1.08. The van der Waals surface area contributed by atoms with Gasteiger partial charge in [-0.05, 0) is 56.8 Å². The molecule has 4 atom stereocenters. The molecule has 0 aliphatic heterocycles. The molecule has 1 N–H and O–H groups in total. The second-order valence-electron chi connectivity index (χ2n) is 6.09. The van der Waals surface area contributed by atoms with Gasteiger partial charge >= 0.3 is 0 Å². The lowest BCUT2D eigenvalue weighted by atomic mass is 9.62. The average Bonchev–Trinajstić information content (AvgIpc) is 2.90. The molecule has 0 spiro atoms. The molecule has 4 unspecified atom stereocenters. The minimum absolute atomic E-state index is 0.400. The van der Waals surface area contributed by atoms with E-state index in [9.17, 15) is 10.4 Å². The maximum atomic E-state index is 10.7. The maximum Gasteiger partial charge on any atom is 0.0890 e. The number of aliphatic hydroxyl groups is 1. The fourth-order valence-corrected chi connectivity index (χ4v) is 4.21. The lowest BCUT2D eigenvalue weighted by Crippen LogP contribution is -2.50. The summed E-state index contributed by atoms with van der Waals surface area (Å²) in [6.45, 7) is 1.93. The quantitative estimate of drug-likeness (QED) is 0.752. The lowest BCUT2D eigenvalue weighted by molar-refractivity contribution is -0.0842. The molecule has 2 nitrogen and oxygen atoms in total. The van der Waals surface area contributed by atoms with Crippen molar-refractivity contribution >= 4 is 0 Å². The minimum Gasteiger partial charge on any atom is -0.388 e. The third-order valence-corrected chi connectivity index (χ3v) is 5.32. The molecule has 3 aliphatic rings. The summed E-state index contributed by atoms with van der Waals surface area (Å²) in [6.07, 6.45) is 6.84. The zero-order valence-corrected chi connectivity index (χ0v) is 9.37. The van der Waals surface area contributed by atoms with E-state index in [-0.39, 0.29) is 0 Å². The van der Waals surface area contributed by atoms with Gasteiger partial charge in [0, 0.05) is 0 Å². The van der Waals surface area contributed by atoms with Crippen LogP contribution in [0, 0.1) is 34.5 Å². The van der Waals surface area contributed by atoms with Crippen molar-refractivity contribution in [2.45, 2.75) is 51.0 Å². The van der Waals surface area contributed by atoms with E-state index in [0.29, 0.717) is 11.8 Å². The van der Waals surface area contributed by atoms with E-state index in [2.05, 4.69) is 6.07 Å². The summed E-state index contributed by atoms with van der Waals surface area (Å²) in [6, 6.07) is 2.52. The minimum atomic E-state index is -0.721. The van der Waals surface area contributed by atoms with Crippen molar-refractivity contribution in [3.05, 3.63) is 0 Å². The van der Waals surface area contributed by atoms with Gasteiger partial charge < -0.3 is 5.11 Å². The van der Waals surface area contributed by atoms with E-state index < -0.39 is 11.0 Å². The van der Waals surface area contributed by atoms with Crippen LogP contribution in [0.3, 0.4) is 0 Å². The SMILES string of the molecule is CC(O)(C1CC1)C1(C#N)CC2CCC1C2. The lowest BCUT2D eigenvalue weighted by Gasteiger charge is -2.43. The predicted molar refractivity (Wildman–Crippen MR) is 56.8 cm³/mol. The number of hydrogen-bond donors (Lipinski definition) is 1. The monoisotopic (exact) mass is 205 g/mol. The largest absolute Gasteiger partial charge is 0.388 e. The maximum absolute atomic E-state index is 10.7. The summed E-state index contributed by atoms with van der Waals surface area (Å²) in [5, 5.41) is 20.2. The molecular formula is C13H19NO. The zero-order valence-electron chi connectivity index (χ0n) is 9.37. The van der Waals surface area contributed by atoms with Crippen molar-refractivity contribution < 1.29 is 5.11 Å². The molecule has 2 bridgehead atoms. The number of hydrogen-bond acceptors (Lipinski definition) is 2. The fourth-order valence-electron chi connectivity index (χ4n) is 4.21. The molecule has 3 saturated carbocycles. The van der Waals surface area contributed by atoms with Crippen molar-refractivity contribution in [3.8, 4) is 6.07 Å². The average molecular weight is 205 g/mol. The van der Waals surface area contributed by atoms with Crippen molar-refractivity contribution in [2.75, 3.05) is 0 Å². The number of nitriles is 1. The van der Waals surface area contributed by atoms with Gasteiger partial charge in [0.05, 0.1) is 17.1 Å². The predicted octanol–water partition coefficient (Wildman–Crippen LogP) is 2.48. The van der Waals surface area contributed by atoms with E-state index >= 15 is 0 Å². The molecule has 0 amide bonds. The summed E-state index contributed by atoms with van der Waals surface area (Å²) in [4.78, 5) is 0. The van der Waals surface area contributed by atoms with Crippen LogP contribution >= 0.6 is 0 Å². The first kappa shape index (κ1) is 9.66. The Hall–Kier alpha value is -0.550. The standard InChI is InChI=1S/C13H19NO/c1-12(15,10-4-5-10)13(8-14)7-9-2-3-11(13)6-9/h9-11,15H,2-7H2,1H3. The van der Waals surface area contributed by atoms with Crippen LogP contribution < -0.4 is 0 Å². The molecule has 0 radical (unpaired) electrons. The number of nitrogens with zero attached hydrogens (tertiary/aromatic N) is 1. The first-order valence-corrected chi connectivity index (χ1v) is 6.24. The van der Waals surface area contributed by atoms with Gasteiger partial charge in [0.1, 0.15) is 0 Å². The Kier molecular flexibility index (Phi) is 1.78. The van der Waals surface area contributed by atoms with Crippen LogP contribution in [0.15, 0.2) is 0 Å². The van der Waals surface area contributed by atoms with Crippen LogP contribution in [0.2, 0.25) is 0 Å². The van der Waals surface area contributed by atoms with E-state index in [1.165, 1.54) is 19.3 Å². The Balaban J connectivity index is 1.96. The molecule has 82 valence electrons. The zero-order chi connectivity index (χ0) is 10.7. The summed E-state index contributed by atoms with van der Waals surface area (Å²) in [7, 11) is 0. The van der Waals surface area contributed by atoms with Gasteiger partial charge in [-0.2, -0.15) is 5.26 Å². The summed E-state index contributed by atoms with van der Waals surface area (Å²) < 4.78 is 0. The molecule has 3 aliphatic carbocycles. The highest BCUT2D eigenvalue weighted by molar-refractivity contribution is 5.21. The van der Waals surface area contributed by atoms with Gasteiger partial charge in [-0.1, -0.05) is 6.42 Å². The molecule has 0 heterocycles. The van der Waals surface area contributed by atoms with Gasteiger partial charge in [-0.25, -0.2) is 0 Å². The molecule has 0 aromatic carbocycles. The first-order chi connectivity index (χ1) is 7.10.